The summed E-state index contributed by atoms with van der Waals surface area (Å²) in [6, 6.07) is 3.45. The minimum Gasteiger partial charge on any atom is -0.481 e. The van der Waals surface area contributed by atoms with Crippen LogP contribution in [0.25, 0.3) is 0 Å². The summed E-state index contributed by atoms with van der Waals surface area (Å²) in [6.07, 6.45) is 0. The van der Waals surface area contributed by atoms with Gasteiger partial charge in [-0.2, -0.15) is 0 Å². The van der Waals surface area contributed by atoms with Gasteiger partial charge in [-0.1, -0.05) is 11.6 Å². The molecule has 9 heteroatoms. The van der Waals surface area contributed by atoms with Gasteiger partial charge < -0.3 is 10.2 Å². The average Bonchev–Trinajstić information content (AvgIpc) is 2.35. The van der Waals surface area contributed by atoms with Crippen molar-refractivity contribution < 1.29 is 24.7 Å². The molecule has 0 aliphatic carbocycles. The van der Waals surface area contributed by atoms with Crippen LogP contribution in [0.15, 0.2) is 23.2 Å². The summed E-state index contributed by atoms with van der Waals surface area (Å²) in [4.78, 5) is 35.5. The lowest BCUT2D eigenvalue weighted by Crippen LogP contribution is -2.27. The zero-order valence-corrected chi connectivity index (χ0v) is 10.9. The quantitative estimate of drug-likeness (QED) is 0.486. The number of nitro benzene ring substituents is 1. The van der Waals surface area contributed by atoms with Crippen molar-refractivity contribution in [2.24, 2.45) is 10.9 Å². The first kappa shape index (κ1) is 15.6. The Bertz CT molecular complexity index is 613. The highest BCUT2D eigenvalue weighted by Crippen LogP contribution is 2.30. The van der Waals surface area contributed by atoms with Gasteiger partial charge in [0, 0.05) is 11.1 Å². The molecule has 0 saturated carbocycles. The first-order valence-corrected chi connectivity index (χ1v) is 5.60. The summed E-state index contributed by atoms with van der Waals surface area (Å²) in [6.45, 7) is 1.12. The van der Waals surface area contributed by atoms with Gasteiger partial charge in [-0.05, 0) is 19.1 Å². The molecular formula is C11H9ClN2O6. The van der Waals surface area contributed by atoms with Crippen LogP contribution in [0.3, 0.4) is 0 Å². The van der Waals surface area contributed by atoms with Gasteiger partial charge in [0.05, 0.1) is 4.92 Å². The molecule has 1 aromatic rings. The molecule has 0 aliphatic heterocycles. The Morgan fingerprint density at radius 3 is 2.45 bits per heavy atom. The highest BCUT2D eigenvalue weighted by Gasteiger charge is 2.26. The van der Waals surface area contributed by atoms with Gasteiger partial charge in [-0.3, -0.25) is 14.9 Å². The molecule has 106 valence electrons. The number of benzene rings is 1. The maximum atomic E-state index is 11.0. The van der Waals surface area contributed by atoms with Crippen LogP contribution in [0.5, 0.6) is 0 Å². The van der Waals surface area contributed by atoms with E-state index in [1.807, 2.05) is 0 Å². The minimum atomic E-state index is -1.57. The Hall–Kier alpha value is -2.48. The molecule has 1 rings (SSSR count). The van der Waals surface area contributed by atoms with Gasteiger partial charge in [0.25, 0.3) is 5.69 Å². The zero-order valence-electron chi connectivity index (χ0n) is 10.1. The number of aliphatic imine (C=N–C) groups is 1. The van der Waals surface area contributed by atoms with Crippen molar-refractivity contribution in [3.8, 4) is 0 Å². The molecule has 0 fully saturated rings. The van der Waals surface area contributed by atoms with Crippen molar-refractivity contribution in [2.75, 3.05) is 0 Å². The van der Waals surface area contributed by atoms with E-state index in [9.17, 15) is 19.7 Å². The van der Waals surface area contributed by atoms with E-state index in [1.165, 1.54) is 6.07 Å². The Labute approximate surface area is 117 Å². The number of carboxylic acid groups (broad SMARTS) is 2. The fourth-order valence-electron chi connectivity index (χ4n) is 1.31. The third-order valence-corrected chi connectivity index (χ3v) is 2.61. The second-order valence-corrected chi connectivity index (χ2v) is 4.19. The third kappa shape index (κ3) is 3.51. The van der Waals surface area contributed by atoms with E-state index in [0.717, 1.165) is 19.1 Å². The molecular weight excluding hydrogens is 292 g/mol. The Morgan fingerprint density at radius 1 is 1.40 bits per heavy atom. The van der Waals surface area contributed by atoms with E-state index in [0.29, 0.717) is 0 Å². The largest absolute Gasteiger partial charge is 0.481 e. The molecule has 1 atom stereocenters. The van der Waals surface area contributed by atoms with Crippen molar-refractivity contribution in [3.63, 3.8) is 0 Å². The number of rotatable bonds is 5. The van der Waals surface area contributed by atoms with Gasteiger partial charge in [-0.15, -0.1) is 0 Å². The molecule has 0 aliphatic rings. The van der Waals surface area contributed by atoms with Crippen molar-refractivity contribution in [2.45, 2.75) is 6.92 Å². The van der Waals surface area contributed by atoms with Crippen LogP contribution < -0.4 is 0 Å². The van der Waals surface area contributed by atoms with Crippen LogP contribution >= 0.6 is 11.6 Å². The third-order valence-electron chi connectivity index (χ3n) is 2.37. The molecule has 0 radical (unpaired) electrons. The maximum Gasteiger partial charge on any atom is 0.351 e. The van der Waals surface area contributed by atoms with E-state index in [4.69, 9.17) is 21.8 Å². The van der Waals surface area contributed by atoms with Crippen molar-refractivity contribution >= 4 is 40.6 Å². The standard InChI is InChI=1S/C11H9ClN2O6/c1-5(10(15)16)9(11(17)18)13-7-3-2-6(12)4-8(7)14(19)20/h2-5H,1H3,(H,15,16)(H,17,18). The maximum absolute atomic E-state index is 11.0. The summed E-state index contributed by atoms with van der Waals surface area (Å²) in [7, 11) is 0. The molecule has 1 unspecified atom stereocenters. The number of nitro groups is 1. The summed E-state index contributed by atoms with van der Waals surface area (Å²) in [5, 5.41) is 28.7. The molecule has 0 spiro atoms. The number of halogens is 1. The number of hydrogen-bond acceptors (Lipinski definition) is 5. The Morgan fingerprint density at radius 2 is 2.00 bits per heavy atom. The number of nitrogens with zero attached hydrogens (tertiary/aromatic N) is 2. The van der Waals surface area contributed by atoms with Crippen molar-refractivity contribution in [1.82, 2.24) is 0 Å². The van der Waals surface area contributed by atoms with Crippen LogP contribution in [0, 0.1) is 16.0 Å². The molecule has 0 amide bonds. The number of aliphatic carboxylic acids is 2. The Kier molecular flexibility index (Phi) is 4.76. The predicted octanol–water partition coefficient (Wildman–Crippen LogP) is 2.13. The SMILES string of the molecule is CC(C(=O)O)C(=Nc1ccc(Cl)cc1[N+](=O)[O-])C(=O)O. The van der Waals surface area contributed by atoms with Crippen LogP contribution in [0.2, 0.25) is 5.02 Å². The van der Waals surface area contributed by atoms with Crippen LogP contribution in [0.1, 0.15) is 6.92 Å². The normalized spacial score (nSPS) is 12.8. The first-order chi connectivity index (χ1) is 9.23. The molecule has 0 bridgehead atoms. The van der Waals surface area contributed by atoms with E-state index in [1.54, 1.807) is 0 Å². The molecule has 1 aromatic carbocycles. The molecule has 8 nitrogen and oxygen atoms in total. The van der Waals surface area contributed by atoms with Crippen molar-refractivity contribution in [1.29, 1.82) is 0 Å². The van der Waals surface area contributed by atoms with Crippen LogP contribution in [-0.4, -0.2) is 32.8 Å². The lowest BCUT2D eigenvalue weighted by atomic mass is 10.1. The monoisotopic (exact) mass is 300 g/mol. The molecule has 0 heterocycles. The highest BCUT2D eigenvalue weighted by molar-refractivity contribution is 6.40. The van der Waals surface area contributed by atoms with E-state index >= 15 is 0 Å². The van der Waals surface area contributed by atoms with Gasteiger partial charge in [-0.25, -0.2) is 9.79 Å². The summed E-state index contributed by atoms with van der Waals surface area (Å²) in [5.41, 5.74) is -1.48. The van der Waals surface area contributed by atoms with Crippen LogP contribution in [0.4, 0.5) is 11.4 Å². The fraction of sp³-hybridized carbons (Fsp3) is 0.182. The van der Waals surface area contributed by atoms with Crippen molar-refractivity contribution in [3.05, 3.63) is 33.3 Å². The minimum absolute atomic E-state index is 0.0822. The number of carbonyl (C=O) groups is 2. The summed E-state index contributed by atoms with van der Waals surface area (Å²) < 4.78 is 0. The molecule has 2 N–H and O–H groups in total. The lowest BCUT2D eigenvalue weighted by molar-refractivity contribution is -0.384. The number of carboxylic acids is 2. The summed E-state index contributed by atoms with van der Waals surface area (Å²) in [5.74, 6) is -4.38. The average molecular weight is 301 g/mol. The fourth-order valence-corrected chi connectivity index (χ4v) is 1.48. The van der Waals surface area contributed by atoms with Gasteiger partial charge in [0.15, 0.2) is 0 Å². The highest BCUT2D eigenvalue weighted by atomic mass is 35.5. The molecule has 0 saturated heterocycles. The van der Waals surface area contributed by atoms with Gasteiger partial charge >= 0.3 is 11.9 Å². The predicted molar refractivity (Wildman–Crippen MR) is 69.6 cm³/mol. The van der Waals surface area contributed by atoms with E-state index in [-0.39, 0.29) is 10.7 Å². The molecule has 20 heavy (non-hydrogen) atoms. The Balaban J connectivity index is 3.42. The van der Waals surface area contributed by atoms with Crippen LogP contribution in [-0.2, 0) is 9.59 Å². The number of hydrogen-bond donors (Lipinski definition) is 2. The van der Waals surface area contributed by atoms with E-state index in [2.05, 4.69) is 4.99 Å². The first-order valence-electron chi connectivity index (χ1n) is 5.22. The second kappa shape index (κ2) is 6.11. The second-order valence-electron chi connectivity index (χ2n) is 3.75. The van der Waals surface area contributed by atoms with Gasteiger partial charge in [0.2, 0.25) is 0 Å². The lowest BCUT2D eigenvalue weighted by Gasteiger charge is -2.06. The topological polar surface area (TPSA) is 130 Å². The molecule has 0 aromatic heterocycles. The van der Waals surface area contributed by atoms with Gasteiger partial charge in [0.1, 0.15) is 17.3 Å². The summed E-state index contributed by atoms with van der Waals surface area (Å²) >= 11 is 5.61. The van der Waals surface area contributed by atoms with E-state index < -0.39 is 34.2 Å². The smallest absolute Gasteiger partial charge is 0.351 e. The zero-order chi connectivity index (χ0) is 15.4.